The molecule has 1 fully saturated rings. The molecule has 1 aliphatic heterocycles. The summed E-state index contributed by atoms with van der Waals surface area (Å²) in [6, 6.07) is 8.06. The highest BCUT2D eigenvalue weighted by Gasteiger charge is 2.53. The summed E-state index contributed by atoms with van der Waals surface area (Å²) in [5.74, 6) is -2.48. The van der Waals surface area contributed by atoms with Crippen molar-refractivity contribution in [2.75, 3.05) is 0 Å². The minimum atomic E-state index is -1.59. The summed E-state index contributed by atoms with van der Waals surface area (Å²) >= 11 is 0. The fourth-order valence-corrected chi connectivity index (χ4v) is 3.22. The van der Waals surface area contributed by atoms with Gasteiger partial charge in [0.1, 0.15) is 11.6 Å². The lowest BCUT2D eigenvalue weighted by Crippen LogP contribution is -2.60. The summed E-state index contributed by atoms with van der Waals surface area (Å²) in [7, 11) is 0. The molecular weight excluding hydrogens is 350 g/mol. The van der Waals surface area contributed by atoms with E-state index in [1.807, 2.05) is 19.9 Å². The van der Waals surface area contributed by atoms with Gasteiger partial charge in [0.15, 0.2) is 0 Å². The highest BCUT2D eigenvalue weighted by atomic mass is 16.5. The average molecular weight is 375 g/mol. The number of carbonyl (C=O) groups is 4. The number of nitrogens with one attached hydrogen (secondary N) is 2. The zero-order valence-electron chi connectivity index (χ0n) is 15.7. The maximum atomic E-state index is 12.8. The van der Waals surface area contributed by atoms with Gasteiger partial charge in [0.25, 0.3) is 11.8 Å². The molecule has 0 bridgehead atoms. The van der Waals surface area contributed by atoms with Crippen molar-refractivity contribution in [3.05, 3.63) is 35.9 Å². The van der Waals surface area contributed by atoms with E-state index in [0.29, 0.717) is 6.42 Å². The van der Waals surface area contributed by atoms with E-state index in [1.54, 1.807) is 24.3 Å². The predicted molar refractivity (Wildman–Crippen MR) is 96.3 cm³/mol. The molecule has 0 saturated carbocycles. The second-order valence-corrected chi connectivity index (χ2v) is 7.30. The topological polar surface area (TPSA) is 116 Å². The van der Waals surface area contributed by atoms with E-state index < -0.39 is 29.3 Å². The minimum absolute atomic E-state index is 0.0513. The zero-order chi connectivity index (χ0) is 20.2. The largest absolute Gasteiger partial charge is 0.345 e. The van der Waals surface area contributed by atoms with Gasteiger partial charge in [-0.15, -0.1) is 0 Å². The van der Waals surface area contributed by atoms with Crippen molar-refractivity contribution in [2.24, 2.45) is 5.92 Å². The highest BCUT2D eigenvalue weighted by molar-refractivity contribution is 6.09. The molecule has 3 N–H and O–H groups in total. The van der Waals surface area contributed by atoms with Crippen LogP contribution in [0.5, 0.6) is 0 Å². The molecule has 1 heterocycles. The van der Waals surface area contributed by atoms with Crippen LogP contribution in [0.2, 0.25) is 0 Å². The summed E-state index contributed by atoms with van der Waals surface area (Å²) < 4.78 is 0. The van der Waals surface area contributed by atoms with Crippen molar-refractivity contribution in [1.29, 1.82) is 0 Å². The van der Waals surface area contributed by atoms with E-state index in [4.69, 9.17) is 0 Å². The molecule has 0 aromatic heterocycles. The summed E-state index contributed by atoms with van der Waals surface area (Å²) in [6.45, 7) is 5.11. The van der Waals surface area contributed by atoms with E-state index in [2.05, 4.69) is 10.6 Å². The molecule has 1 aromatic rings. The number of rotatable bonds is 7. The van der Waals surface area contributed by atoms with Gasteiger partial charge in [-0.05, 0) is 17.9 Å². The van der Waals surface area contributed by atoms with Crippen molar-refractivity contribution < 1.29 is 24.4 Å². The van der Waals surface area contributed by atoms with Crippen LogP contribution in [0.3, 0.4) is 0 Å². The molecule has 0 unspecified atom stereocenters. The van der Waals surface area contributed by atoms with E-state index >= 15 is 0 Å². The molecule has 2 atom stereocenters. The number of carbonyl (C=O) groups excluding carboxylic acids is 4. The Labute approximate surface area is 157 Å². The van der Waals surface area contributed by atoms with Gasteiger partial charge >= 0.3 is 0 Å². The fraction of sp³-hybridized carbons (Fsp3) is 0.474. The first-order chi connectivity index (χ1) is 12.6. The lowest BCUT2D eigenvalue weighted by atomic mass is 9.88. The SMILES string of the molecule is CC(=O)N[C@@H](CC(C)C)C(=O)N[C@]1(Cc2ccccc2)CC(=O)N(O)C1=O. The maximum absolute atomic E-state index is 12.8. The van der Waals surface area contributed by atoms with Gasteiger partial charge in [-0.1, -0.05) is 44.2 Å². The summed E-state index contributed by atoms with van der Waals surface area (Å²) in [6.07, 6.45) is 0.0743. The Balaban J connectivity index is 2.31. The minimum Gasteiger partial charge on any atom is -0.345 e. The molecule has 1 aromatic carbocycles. The summed E-state index contributed by atoms with van der Waals surface area (Å²) in [5.41, 5.74) is -0.855. The molecule has 0 aliphatic carbocycles. The number of imide groups is 1. The average Bonchev–Trinajstić information content (AvgIpc) is 2.78. The first-order valence-electron chi connectivity index (χ1n) is 8.84. The van der Waals surface area contributed by atoms with Gasteiger partial charge in [0.05, 0.1) is 6.42 Å². The third-order valence-electron chi connectivity index (χ3n) is 4.40. The van der Waals surface area contributed by atoms with E-state index in [1.165, 1.54) is 6.92 Å². The normalized spacial score (nSPS) is 20.7. The third-order valence-corrected chi connectivity index (χ3v) is 4.40. The zero-order valence-corrected chi connectivity index (χ0v) is 15.7. The van der Waals surface area contributed by atoms with Gasteiger partial charge in [-0.25, -0.2) is 0 Å². The van der Waals surface area contributed by atoms with Gasteiger partial charge in [-0.3, -0.25) is 24.4 Å². The number of hydroxylamine groups is 2. The molecule has 146 valence electrons. The summed E-state index contributed by atoms with van der Waals surface area (Å²) in [5, 5.41) is 15.0. The van der Waals surface area contributed by atoms with Crippen LogP contribution < -0.4 is 10.6 Å². The number of amides is 4. The molecule has 0 spiro atoms. The Bertz CT molecular complexity index is 734. The maximum Gasteiger partial charge on any atom is 0.279 e. The Morgan fingerprint density at radius 1 is 1.22 bits per heavy atom. The van der Waals surface area contributed by atoms with Gasteiger partial charge in [0.2, 0.25) is 11.8 Å². The number of nitrogens with zero attached hydrogens (tertiary/aromatic N) is 1. The molecule has 1 saturated heterocycles. The van der Waals surface area contributed by atoms with Crippen molar-refractivity contribution in [3.63, 3.8) is 0 Å². The van der Waals surface area contributed by atoms with Gasteiger partial charge in [0, 0.05) is 13.3 Å². The van der Waals surface area contributed by atoms with Crippen LogP contribution in [0.4, 0.5) is 0 Å². The van der Waals surface area contributed by atoms with Crippen LogP contribution in [0, 0.1) is 5.92 Å². The predicted octanol–water partition coefficient (Wildman–Crippen LogP) is 0.783. The van der Waals surface area contributed by atoms with Gasteiger partial charge < -0.3 is 10.6 Å². The van der Waals surface area contributed by atoms with Crippen LogP contribution in [-0.4, -0.2) is 45.5 Å². The molecule has 8 heteroatoms. The van der Waals surface area contributed by atoms with Crippen LogP contribution in [0.1, 0.15) is 39.2 Å². The van der Waals surface area contributed by atoms with Crippen molar-refractivity contribution in [1.82, 2.24) is 15.7 Å². The van der Waals surface area contributed by atoms with Crippen molar-refractivity contribution >= 4 is 23.6 Å². The Morgan fingerprint density at radius 3 is 2.33 bits per heavy atom. The Morgan fingerprint density at radius 2 is 1.85 bits per heavy atom. The third kappa shape index (κ3) is 4.91. The highest BCUT2D eigenvalue weighted by Crippen LogP contribution is 2.28. The summed E-state index contributed by atoms with van der Waals surface area (Å²) in [4.78, 5) is 48.8. The first-order valence-corrected chi connectivity index (χ1v) is 8.84. The molecule has 27 heavy (non-hydrogen) atoms. The lowest BCUT2D eigenvalue weighted by molar-refractivity contribution is -0.173. The molecule has 8 nitrogen and oxygen atoms in total. The smallest absolute Gasteiger partial charge is 0.279 e. The monoisotopic (exact) mass is 375 g/mol. The van der Waals surface area contributed by atoms with Crippen LogP contribution >= 0.6 is 0 Å². The Kier molecular flexibility index (Phi) is 6.32. The van der Waals surface area contributed by atoms with E-state index in [9.17, 15) is 24.4 Å². The lowest BCUT2D eigenvalue weighted by Gasteiger charge is -2.30. The van der Waals surface area contributed by atoms with E-state index in [-0.39, 0.29) is 29.7 Å². The molecular formula is C19H25N3O5. The molecule has 1 aliphatic rings. The van der Waals surface area contributed by atoms with Crippen molar-refractivity contribution in [2.45, 2.75) is 51.6 Å². The Hall–Kier alpha value is -2.74. The standard InChI is InChI=1S/C19H25N3O5/c1-12(2)9-15(20-13(3)23)17(25)21-19(10-14-7-5-4-6-8-14)11-16(24)22(27)18(19)26/h4-8,12,15,27H,9-11H2,1-3H3,(H,20,23)(H,21,25)/t15-,19+/m0/s1. The second-order valence-electron chi connectivity index (χ2n) is 7.30. The number of hydrogen-bond donors (Lipinski definition) is 3. The number of benzene rings is 1. The van der Waals surface area contributed by atoms with Crippen LogP contribution in [-0.2, 0) is 25.6 Å². The fourth-order valence-electron chi connectivity index (χ4n) is 3.22. The molecule has 2 rings (SSSR count). The second kappa shape index (κ2) is 8.30. The van der Waals surface area contributed by atoms with Crippen LogP contribution in [0.25, 0.3) is 0 Å². The van der Waals surface area contributed by atoms with Gasteiger partial charge in [-0.2, -0.15) is 5.06 Å². The van der Waals surface area contributed by atoms with Crippen LogP contribution in [0.15, 0.2) is 30.3 Å². The molecule has 4 amide bonds. The van der Waals surface area contributed by atoms with Crippen molar-refractivity contribution in [3.8, 4) is 0 Å². The first kappa shape index (κ1) is 20.6. The molecule has 0 radical (unpaired) electrons. The van der Waals surface area contributed by atoms with E-state index in [0.717, 1.165) is 5.56 Å². The number of hydrogen-bond acceptors (Lipinski definition) is 5. The quantitative estimate of drug-likeness (QED) is 0.481.